The second kappa shape index (κ2) is 13.6. The van der Waals surface area contributed by atoms with Crippen LogP contribution in [-0.4, -0.2) is 127 Å². The molecule has 4 rings (SSSR count). The van der Waals surface area contributed by atoms with Crippen molar-refractivity contribution in [3.63, 3.8) is 0 Å². The number of phosphoric acid groups is 3. The minimum absolute atomic E-state index is 0.00733. The van der Waals surface area contributed by atoms with Crippen molar-refractivity contribution in [3.8, 4) is 0 Å². The van der Waals surface area contributed by atoms with Crippen molar-refractivity contribution in [2.45, 2.75) is 62.2 Å². The summed E-state index contributed by atoms with van der Waals surface area (Å²) in [5.41, 5.74) is 5.84. The number of hydrogen-bond acceptors (Lipinski definition) is 17. The number of nitrogen functional groups attached to an aromatic ring is 1. The first kappa shape index (κ1) is 35.8. The van der Waals surface area contributed by atoms with Crippen molar-refractivity contribution in [1.29, 1.82) is 0 Å². The largest absolute Gasteiger partial charge is 0.470 e. The van der Waals surface area contributed by atoms with Crippen molar-refractivity contribution >= 4 is 46.4 Å². The molecule has 2 aromatic heterocycles. The highest BCUT2D eigenvalue weighted by Gasteiger charge is 2.56. The summed E-state index contributed by atoms with van der Waals surface area (Å²) in [5, 5.41) is 21.1. The molecule has 24 nitrogen and oxygen atoms in total. The lowest BCUT2D eigenvalue weighted by atomic mass is 9.99. The minimum Gasteiger partial charge on any atom is -0.463 e. The molecule has 0 bridgehead atoms. The lowest BCUT2D eigenvalue weighted by molar-refractivity contribution is -0.313. The van der Waals surface area contributed by atoms with E-state index in [1.165, 1.54) is 0 Å². The van der Waals surface area contributed by atoms with Gasteiger partial charge in [0.25, 0.3) is 0 Å². The van der Waals surface area contributed by atoms with Crippen LogP contribution in [0.3, 0.4) is 0 Å². The Labute approximate surface area is 250 Å². The van der Waals surface area contributed by atoms with E-state index in [1.807, 2.05) is 0 Å². The highest BCUT2D eigenvalue weighted by molar-refractivity contribution is 7.46. The molecule has 2 saturated heterocycles. The van der Waals surface area contributed by atoms with E-state index in [2.05, 4.69) is 24.0 Å². The zero-order valence-corrected chi connectivity index (χ0v) is 25.2. The molecule has 0 aromatic carbocycles. The SMILES string of the molecule is CC(=O)OCC1OC(OC2C(CO)OC(n3cnc4c(N)ncnc43)C2OP(=O)(O)O)C(O)C(OP(=O)(O)O)C1OP(=O)(O)O. The second-order valence-electron chi connectivity index (χ2n) is 9.45. The molecule has 2 aromatic rings. The third kappa shape index (κ3) is 8.86. The van der Waals surface area contributed by atoms with E-state index < -0.39 is 97.9 Å². The van der Waals surface area contributed by atoms with Crippen LogP contribution in [0.5, 0.6) is 0 Å². The first-order chi connectivity index (χ1) is 20.8. The molecule has 254 valence electrons. The van der Waals surface area contributed by atoms with Crippen LogP contribution < -0.4 is 5.73 Å². The molecule has 2 fully saturated rings. The van der Waals surface area contributed by atoms with Crippen LogP contribution in [-0.2, 0) is 51.0 Å². The van der Waals surface area contributed by atoms with Gasteiger partial charge in [-0.05, 0) is 0 Å². The maximum Gasteiger partial charge on any atom is 0.470 e. The monoisotopic (exact) mass is 711 g/mol. The molecule has 0 radical (unpaired) electrons. The van der Waals surface area contributed by atoms with Gasteiger partial charge in [0, 0.05) is 6.92 Å². The molecule has 9 unspecified atom stereocenters. The normalized spacial score (nSPS) is 31.4. The number of fused-ring (bicyclic) bond motifs is 1. The van der Waals surface area contributed by atoms with Crippen LogP contribution in [0.15, 0.2) is 12.7 Å². The topological polar surface area (TPSA) is 364 Å². The summed E-state index contributed by atoms with van der Waals surface area (Å²) in [4.78, 5) is 80.3. The number of aliphatic hydroxyl groups is 2. The number of aliphatic hydroxyl groups excluding tert-OH is 2. The van der Waals surface area contributed by atoms with E-state index in [-0.39, 0.29) is 17.0 Å². The molecule has 2 aliphatic rings. The Morgan fingerprint density at radius 1 is 0.911 bits per heavy atom. The Bertz CT molecular complexity index is 1510. The maximum atomic E-state index is 12.0. The van der Waals surface area contributed by atoms with E-state index in [9.17, 15) is 58.1 Å². The molecule has 0 spiro atoms. The van der Waals surface area contributed by atoms with E-state index >= 15 is 0 Å². The number of esters is 1. The van der Waals surface area contributed by atoms with Gasteiger partial charge < -0.3 is 64.3 Å². The molecule has 4 heterocycles. The summed E-state index contributed by atoms with van der Waals surface area (Å²) < 4.78 is 72.3. The number of anilines is 1. The second-order valence-corrected chi connectivity index (χ2v) is 13.0. The summed E-state index contributed by atoms with van der Waals surface area (Å²) in [7, 11) is -16.5. The van der Waals surface area contributed by atoms with Crippen LogP contribution >= 0.6 is 23.5 Å². The van der Waals surface area contributed by atoms with Gasteiger partial charge in [0.05, 0.1) is 12.9 Å². The van der Waals surface area contributed by atoms with Crippen molar-refractivity contribution in [3.05, 3.63) is 12.7 Å². The molecule has 10 N–H and O–H groups in total. The van der Waals surface area contributed by atoms with Gasteiger partial charge in [0.15, 0.2) is 24.0 Å². The predicted molar refractivity (Wildman–Crippen MR) is 138 cm³/mol. The number of phosphoric ester groups is 3. The summed E-state index contributed by atoms with van der Waals surface area (Å²) in [6.45, 7) is -0.873. The highest BCUT2D eigenvalue weighted by Crippen LogP contribution is 2.49. The predicted octanol–water partition coefficient (Wildman–Crippen LogP) is -3.23. The Kier molecular flexibility index (Phi) is 10.8. The Morgan fingerprint density at radius 2 is 1.51 bits per heavy atom. The molecule has 27 heteroatoms. The molecule has 2 aliphatic heterocycles. The summed E-state index contributed by atoms with van der Waals surface area (Å²) >= 11 is 0. The number of ether oxygens (including phenoxy) is 4. The quantitative estimate of drug-likeness (QED) is 0.0771. The maximum absolute atomic E-state index is 12.0. The number of carbonyl (C=O) groups is 1. The Balaban J connectivity index is 1.73. The zero-order valence-electron chi connectivity index (χ0n) is 22.5. The molecule has 45 heavy (non-hydrogen) atoms. The fourth-order valence-electron chi connectivity index (χ4n) is 4.63. The fraction of sp³-hybridized carbons (Fsp3) is 0.667. The van der Waals surface area contributed by atoms with Crippen LogP contribution in [0.25, 0.3) is 11.2 Å². The van der Waals surface area contributed by atoms with Crippen LogP contribution in [0.4, 0.5) is 5.82 Å². The van der Waals surface area contributed by atoms with Crippen molar-refractivity contribution in [1.82, 2.24) is 19.5 Å². The average molecular weight is 711 g/mol. The molecule has 9 atom stereocenters. The number of imidazole rings is 1. The molecular formula is C18H28N5O19P3. The number of aromatic nitrogens is 4. The molecule has 0 amide bonds. The molecule has 0 saturated carbocycles. The van der Waals surface area contributed by atoms with E-state index in [4.69, 9.17) is 29.2 Å². The van der Waals surface area contributed by atoms with E-state index in [0.29, 0.717) is 0 Å². The number of nitrogens with two attached hydrogens (primary N) is 1. The van der Waals surface area contributed by atoms with Crippen LogP contribution in [0.2, 0.25) is 0 Å². The summed E-state index contributed by atoms with van der Waals surface area (Å²) in [6.07, 6.45) is -15.6. The van der Waals surface area contributed by atoms with Gasteiger partial charge in [-0.1, -0.05) is 0 Å². The van der Waals surface area contributed by atoms with Gasteiger partial charge in [0.2, 0.25) is 0 Å². The third-order valence-electron chi connectivity index (χ3n) is 6.26. The Morgan fingerprint density at radius 3 is 2.09 bits per heavy atom. The van der Waals surface area contributed by atoms with Gasteiger partial charge in [-0.3, -0.25) is 22.9 Å². The Hall–Kier alpha value is -2.05. The van der Waals surface area contributed by atoms with Crippen molar-refractivity contribution in [2.24, 2.45) is 0 Å². The van der Waals surface area contributed by atoms with Crippen molar-refractivity contribution < 1.29 is 90.6 Å². The smallest absolute Gasteiger partial charge is 0.463 e. The van der Waals surface area contributed by atoms with E-state index in [0.717, 1.165) is 24.1 Å². The van der Waals surface area contributed by atoms with Crippen LogP contribution in [0.1, 0.15) is 13.2 Å². The fourth-order valence-corrected chi connectivity index (χ4v) is 6.31. The van der Waals surface area contributed by atoms with Crippen LogP contribution in [0, 0.1) is 0 Å². The van der Waals surface area contributed by atoms with E-state index in [1.54, 1.807) is 0 Å². The standard InChI is InChI=1S/C18H28N5O19P3/c1-6(25)36-3-8-12(40-43(27,28)29)13(41-44(30,31)32)10(26)18(38-8)39-11-7(2-24)37-17(14(11)42-45(33,34)35)23-5-22-9-15(19)20-4-21-16(9)23/h4-5,7-8,10-14,17-18,24,26H,2-3H2,1H3,(H2,19,20,21)(H2,27,28,29)(H2,30,31,32)(H2,33,34,35). The van der Waals surface area contributed by atoms with Crippen molar-refractivity contribution in [2.75, 3.05) is 18.9 Å². The first-order valence-corrected chi connectivity index (χ1v) is 16.9. The van der Waals surface area contributed by atoms with Gasteiger partial charge in [-0.25, -0.2) is 28.6 Å². The first-order valence-electron chi connectivity index (χ1n) is 12.3. The lowest BCUT2D eigenvalue weighted by Crippen LogP contribution is -2.62. The highest BCUT2D eigenvalue weighted by atomic mass is 31.2. The summed E-state index contributed by atoms with van der Waals surface area (Å²) in [6, 6.07) is 0. The van der Waals surface area contributed by atoms with Gasteiger partial charge in [0.1, 0.15) is 61.2 Å². The molecular weight excluding hydrogens is 683 g/mol. The number of carbonyl (C=O) groups excluding carboxylic acids is 1. The molecule has 0 aliphatic carbocycles. The number of hydrogen-bond donors (Lipinski definition) is 9. The average Bonchev–Trinajstić information content (AvgIpc) is 3.46. The van der Waals surface area contributed by atoms with Gasteiger partial charge in [-0.15, -0.1) is 0 Å². The lowest BCUT2D eigenvalue weighted by Gasteiger charge is -2.44. The third-order valence-corrected chi connectivity index (χ3v) is 7.81. The summed E-state index contributed by atoms with van der Waals surface area (Å²) in [5.74, 6) is -1.01. The number of rotatable bonds is 12. The van der Waals surface area contributed by atoms with Gasteiger partial charge >= 0.3 is 29.4 Å². The minimum atomic E-state index is -5.57. The van der Waals surface area contributed by atoms with Gasteiger partial charge in [-0.2, -0.15) is 0 Å². The number of nitrogens with zero attached hydrogens (tertiary/aromatic N) is 4. The zero-order chi connectivity index (χ0) is 33.5.